The Morgan fingerprint density at radius 1 is 1.12 bits per heavy atom. The Balaban J connectivity index is 1.46. The van der Waals surface area contributed by atoms with Gasteiger partial charge < -0.3 is 9.73 Å². The van der Waals surface area contributed by atoms with Gasteiger partial charge in [0.15, 0.2) is 5.58 Å². The summed E-state index contributed by atoms with van der Waals surface area (Å²) in [5.41, 5.74) is 1.05. The molecular formula is C18H16Cl2N2O3S. The molecule has 0 aliphatic carbocycles. The zero-order valence-electron chi connectivity index (χ0n) is 13.7. The van der Waals surface area contributed by atoms with E-state index >= 15 is 0 Å². The zero-order valence-corrected chi connectivity index (χ0v) is 16.0. The van der Waals surface area contributed by atoms with Gasteiger partial charge in [0, 0.05) is 46.3 Å². The summed E-state index contributed by atoms with van der Waals surface area (Å²) in [5.74, 6) is 0.144. The number of carbonyl (C=O) groups is 1. The normalized spacial score (nSPS) is 11.0. The molecule has 0 saturated carbocycles. The number of thioether (sulfide) groups is 1. The summed E-state index contributed by atoms with van der Waals surface area (Å²) >= 11 is 13.4. The smallest absolute Gasteiger partial charge is 0.408 e. The molecule has 0 bridgehead atoms. The fourth-order valence-corrected chi connectivity index (χ4v) is 3.50. The molecule has 1 aromatic heterocycles. The van der Waals surface area contributed by atoms with Crippen molar-refractivity contribution in [2.75, 3.05) is 12.3 Å². The average molecular weight is 411 g/mol. The Morgan fingerprint density at radius 3 is 2.62 bits per heavy atom. The van der Waals surface area contributed by atoms with Gasteiger partial charge in [0.25, 0.3) is 0 Å². The third-order valence-corrected chi connectivity index (χ3v) is 5.20. The molecule has 136 valence electrons. The first kappa shape index (κ1) is 18.9. The van der Waals surface area contributed by atoms with E-state index in [4.69, 9.17) is 27.6 Å². The Hall–Kier alpha value is -1.89. The lowest BCUT2D eigenvalue weighted by molar-refractivity contribution is -0.121. The lowest BCUT2D eigenvalue weighted by Gasteiger charge is -2.06. The third-order valence-electron chi connectivity index (χ3n) is 3.70. The maximum absolute atomic E-state index is 12.0. The summed E-state index contributed by atoms with van der Waals surface area (Å²) in [6.07, 6.45) is 0.197. The highest BCUT2D eigenvalue weighted by molar-refractivity contribution is 7.99. The number of nitrogens with one attached hydrogen (secondary N) is 1. The van der Waals surface area contributed by atoms with Gasteiger partial charge in [0.1, 0.15) is 0 Å². The van der Waals surface area contributed by atoms with Crippen LogP contribution >= 0.6 is 35.0 Å². The summed E-state index contributed by atoms with van der Waals surface area (Å²) in [4.78, 5) is 25.0. The largest absolute Gasteiger partial charge is 0.419 e. The number of hydrogen-bond acceptors (Lipinski definition) is 4. The minimum absolute atomic E-state index is 0.114. The summed E-state index contributed by atoms with van der Waals surface area (Å²) < 4.78 is 6.58. The number of aromatic nitrogens is 1. The van der Waals surface area contributed by atoms with Gasteiger partial charge >= 0.3 is 5.76 Å². The van der Waals surface area contributed by atoms with Crippen LogP contribution in [0.3, 0.4) is 0 Å². The highest BCUT2D eigenvalue weighted by Crippen LogP contribution is 2.20. The number of amides is 1. The van der Waals surface area contributed by atoms with Crippen molar-refractivity contribution >= 4 is 52.0 Å². The average Bonchev–Trinajstić information content (AvgIpc) is 2.92. The third kappa shape index (κ3) is 4.84. The van der Waals surface area contributed by atoms with Gasteiger partial charge in [-0.05, 0) is 36.4 Å². The van der Waals surface area contributed by atoms with Gasteiger partial charge in [-0.2, -0.15) is 0 Å². The minimum Gasteiger partial charge on any atom is -0.408 e. The van der Waals surface area contributed by atoms with E-state index in [1.54, 1.807) is 30.0 Å². The van der Waals surface area contributed by atoms with Crippen molar-refractivity contribution in [2.24, 2.45) is 0 Å². The van der Waals surface area contributed by atoms with Crippen molar-refractivity contribution in [3.63, 3.8) is 0 Å². The lowest BCUT2D eigenvalue weighted by Crippen LogP contribution is -2.27. The van der Waals surface area contributed by atoms with Crippen molar-refractivity contribution in [3.05, 3.63) is 63.1 Å². The van der Waals surface area contributed by atoms with Crippen molar-refractivity contribution in [3.8, 4) is 0 Å². The second-order valence-electron chi connectivity index (χ2n) is 5.53. The summed E-state index contributed by atoms with van der Waals surface area (Å²) in [5, 5.41) is 4.05. The Kier molecular flexibility index (Phi) is 6.29. The van der Waals surface area contributed by atoms with E-state index in [1.807, 2.05) is 24.3 Å². The van der Waals surface area contributed by atoms with Crippen LogP contribution < -0.4 is 11.1 Å². The fraction of sp³-hybridized carbons (Fsp3) is 0.222. The fourth-order valence-electron chi connectivity index (χ4n) is 2.44. The molecule has 3 aromatic rings. The van der Waals surface area contributed by atoms with Gasteiger partial charge in [-0.1, -0.05) is 23.2 Å². The molecule has 0 fully saturated rings. The number of carbonyl (C=O) groups excluding carboxylic acids is 1. The van der Waals surface area contributed by atoms with Crippen LogP contribution in [0, 0.1) is 0 Å². The summed E-state index contributed by atoms with van der Waals surface area (Å²) in [7, 11) is 0. The molecule has 1 amide bonds. The molecule has 2 aromatic carbocycles. The Labute approximate surface area is 164 Å². The number of fused-ring (bicyclic) bond motifs is 1. The molecule has 26 heavy (non-hydrogen) atoms. The van der Waals surface area contributed by atoms with Crippen molar-refractivity contribution < 1.29 is 9.21 Å². The highest BCUT2D eigenvalue weighted by Gasteiger charge is 2.11. The Bertz CT molecular complexity index is 967. The van der Waals surface area contributed by atoms with Crippen molar-refractivity contribution in [1.29, 1.82) is 0 Å². The van der Waals surface area contributed by atoms with Crippen molar-refractivity contribution in [1.82, 2.24) is 9.88 Å². The molecule has 0 aliphatic rings. The molecular weight excluding hydrogens is 395 g/mol. The second-order valence-corrected chi connectivity index (χ2v) is 7.58. The van der Waals surface area contributed by atoms with Gasteiger partial charge in [0.2, 0.25) is 5.91 Å². The molecule has 8 heteroatoms. The monoisotopic (exact) mass is 410 g/mol. The van der Waals surface area contributed by atoms with Crippen molar-refractivity contribution in [2.45, 2.75) is 17.9 Å². The quantitative estimate of drug-likeness (QED) is 0.468. The van der Waals surface area contributed by atoms with Crippen LogP contribution in [0.15, 0.2) is 56.6 Å². The number of aryl methyl sites for hydroxylation is 1. The molecule has 0 saturated heterocycles. The second kappa shape index (κ2) is 8.66. The number of rotatable bonds is 7. The topological polar surface area (TPSA) is 64.2 Å². The first-order chi connectivity index (χ1) is 12.5. The molecule has 1 N–H and O–H groups in total. The first-order valence-electron chi connectivity index (χ1n) is 7.97. The summed E-state index contributed by atoms with van der Waals surface area (Å²) in [6, 6.07) is 12.5. The van der Waals surface area contributed by atoms with E-state index in [-0.39, 0.29) is 18.9 Å². The molecule has 0 aliphatic heterocycles. The van der Waals surface area contributed by atoms with E-state index in [0.717, 1.165) is 10.6 Å². The van der Waals surface area contributed by atoms with Gasteiger partial charge in [0.05, 0.1) is 5.52 Å². The van der Waals surface area contributed by atoms with Crippen LogP contribution in [0.2, 0.25) is 10.0 Å². The number of benzene rings is 2. The minimum atomic E-state index is -0.492. The first-order valence-corrected chi connectivity index (χ1v) is 9.71. The Morgan fingerprint density at radius 2 is 1.85 bits per heavy atom. The highest BCUT2D eigenvalue weighted by atomic mass is 35.5. The molecule has 1 heterocycles. The number of hydrogen-bond donors (Lipinski definition) is 1. The molecule has 5 nitrogen and oxygen atoms in total. The molecule has 0 radical (unpaired) electrons. The maximum atomic E-state index is 12.0. The van der Waals surface area contributed by atoms with Crippen LogP contribution in [0.1, 0.15) is 6.42 Å². The van der Waals surface area contributed by atoms with Gasteiger partial charge in [-0.3, -0.25) is 9.36 Å². The van der Waals surface area contributed by atoms with Crippen LogP contribution in [-0.2, 0) is 11.3 Å². The van der Waals surface area contributed by atoms with E-state index in [2.05, 4.69) is 5.32 Å². The number of oxazole rings is 1. The molecule has 0 unspecified atom stereocenters. The predicted octanol–water partition coefficient (Wildman–Crippen LogP) is 4.20. The molecule has 3 rings (SSSR count). The van der Waals surface area contributed by atoms with Crippen LogP contribution in [-0.4, -0.2) is 22.8 Å². The SMILES string of the molecule is O=C(CCn1c(=O)oc2cc(Cl)ccc21)NCCSc1ccc(Cl)cc1. The number of nitrogens with zero attached hydrogens (tertiary/aromatic N) is 1. The standard InChI is InChI=1S/C18H16Cl2N2O3S/c19-12-1-4-14(5-2-12)26-10-8-21-17(23)7-9-22-15-6-3-13(20)11-16(15)25-18(22)24/h1-6,11H,7-10H2,(H,21,23). The van der Waals surface area contributed by atoms with E-state index in [9.17, 15) is 9.59 Å². The van der Waals surface area contributed by atoms with E-state index in [1.165, 1.54) is 4.57 Å². The molecule has 0 spiro atoms. The maximum Gasteiger partial charge on any atom is 0.419 e. The summed E-state index contributed by atoms with van der Waals surface area (Å²) in [6.45, 7) is 0.798. The number of halogens is 2. The lowest BCUT2D eigenvalue weighted by atomic mass is 10.3. The van der Waals surface area contributed by atoms with Gasteiger partial charge in [-0.25, -0.2) is 4.79 Å². The predicted molar refractivity (Wildman–Crippen MR) is 105 cm³/mol. The molecule has 0 atom stereocenters. The van der Waals surface area contributed by atoms with Crippen LogP contribution in [0.25, 0.3) is 11.1 Å². The van der Waals surface area contributed by atoms with E-state index in [0.29, 0.717) is 27.7 Å². The van der Waals surface area contributed by atoms with E-state index < -0.39 is 5.76 Å². The van der Waals surface area contributed by atoms with Gasteiger partial charge in [-0.15, -0.1) is 11.8 Å². The van der Waals surface area contributed by atoms with Crippen LogP contribution in [0.4, 0.5) is 0 Å². The zero-order chi connectivity index (χ0) is 18.5. The van der Waals surface area contributed by atoms with Crippen LogP contribution in [0.5, 0.6) is 0 Å².